The number of halogens is 1. The van der Waals surface area contributed by atoms with Gasteiger partial charge in [0.1, 0.15) is 0 Å². The maximum absolute atomic E-state index is 13.7. The topological polar surface area (TPSA) is 64.0 Å². The number of thioether (sulfide) groups is 1. The van der Waals surface area contributed by atoms with Gasteiger partial charge in [-0.15, -0.1) is 0 Å². The number of hydrogen-bond acceptors (Lipinski definition) is 4. The number of nitrogens with one attached hydrogen (secondary N) is 1. The van der Waals surface area contributed by atoms with Crippen molar-refractivity contribution in [2.75, 3.05) is 0 Å². The van der Waals surface area contributed by atoms with Crippen molar-refractivity contribution in [2.24, 2.45) is 0 Å². The van der Waals surface area contributed by atoms with Crippen molar-refractivity contribution >= 4 is 40.2 Å². The Morgan fingerprint density at radius 2 is 1.75 bits per heavy atom. The molecule has 1 aromatic heterocycles. The Morgan fingerprint density at radius 3 is 2.53 bits per heavy atom. The van der Waals surface area contributed by atoms with Crippen LogP contribution in [-0.4, -0.2) is 15.5 Å². The van der Waals surface area contributed by atoms with Gasteiger partial charge in [-0.2, -0.15) is 0 Å². The third-order valence-electron chi connectivity index (χ3n) is 6.62. The van der Waals surface area contributed by atoms with E-state index in [2.05, 4.69) is 5.32 Å². The predicted octanol–water partition coefficient (Wildman–Crippen LogP) is 6.78. The normalized spacial score (nSPS) is 14.1. The van der Waals surface area contributed by atoms with Gasteiger partial charge >= 0.3 is 0 Å². The van der Waals surface area contributed by atoms with Gasteiger partial charge < -0.3 is 5.32 Å². The highest BCUT2D eigenvalue weighted by Crippen LogP contribution is 2.32. The summed E-state index contributed by atoms with van der Waals surface area (Å²) in [7, 11) is 0. The molecule has 0 atom stereocenters. The van der Waals surface area contributed by atoms with Crippen LogP contribution in [0.4, 0.5) is 0 Å². The number of benzene rings is 3. The number of carbonyl (C=O) groups is 1. The van der Waals surface area contributed by atoms with Gasteiger partial charge in [-0.05, 0) is 54.3 Å². The first-order valence-corrected chi connectivity index (χ1v) is 13.7. The summed E-state index contributed by atoms with van der Waals surface area (Å²) in [6.07, 6.45) is 5.41. The highest BCUT2D eigenvalue weighted by molar-refractivity contribution is 7.98. The summed E-state index contributed by atoms with van der Waals surface area (Å²) in [5, 5.41) is 4.89. The van der Waals surface area contributed by atoms with Gasteiger partial charge in [0.05, 0.1) is 10.9 Å². The van der Waals surface area contributed by atoms with Gasteiger partial charge in [-0.1, -0.05) is 85.1 Å². The molecule has 1 N–H and O–H groups in total. The predicted molar refractivity (Wildman–Crippen MR) is 147 cm³/mol. The maximum Gasteiger partial charge on any atom is 0.262 e. The van der Waals surface area contributed by atoms with Crippen molar-refractivity contribution in [3.8, 4) is 0 Å². The lowest BCUT2D eigenvalue weighted by molar-refractivity contribution is 0.0951. The first kappa shape index (κ1) is 24.6. The second-order valence-electron chi connectivity index (χ2n) is 9.18. The molecule has 3 aromatic carbocycles. The molecule has 1 fully saturated rings. The second kappa shape index (κ2) is 11.3. The van der Waals surface area contributed by atoms with E-state index in [9.17, 15) is 9.59 Å². The van der Waals surface area contributed by atoms with Crippen molar-refractivity contribution in [1.82, 2.24) is 14.9 Å². The monoisotopic (exact) mass is 517 g/mol. The lowest BCUT2D eigenvalue weighted by Crippen LogP contribution is -2.29. The van der Waals surface area contributed by atoms with Crippen molar-refractivity contribution in [3.63, 3.8) is 0 Å². The van der Waals surface area contributed by atoms with E-state index >= 15 is 0 Å². The average Bonchev–Trinajstić information content (AvgIpc) is 2.91. The van der Waals surface area contributed by atoms with Crippen molar-refractivity contribution in [3.05, 3.63) is 105 Å². The molecule has 0 unspecified atom stereocenters. The zero-order chi connectivity index (χ0) is 24.9. The summed E-state index contributed by atoms with van der Waals surface area (Å²) in [6, 6.07) is 22.9. The Labute approximate surface area is 219 Å². The van der Waals surface area contributed by atoms with Crippen molar-refractivity contribution in [2.45, 2.75) is 55.6 Å². The van der Waals surface area contributed by atoms with E-state index in [0.29, 0.717) is 38.9 Å². The van der Waals surface area contributed by atoms with E-state index in [1.165, 1.54) is 6.42 Å². The molecule has 1 heterocycles. The van der Waals surface area contributed by atoms with Gasteiger partial charge in [0.2, 0.25) is 0 Å². The largest absolute Gasteiger partial charge is 0.348 e. The number of carbonyl (C=O) groups excluding carboxylic acids is 1. The molecule has 0 saturated heterocycles. The van der Waals surface area contributed by atoms with E-state index < -0.39 is 0 Å². The first-order valence-electron chi connectivity index (χ1n) is 12.3. The van der Waals surface area contributed by atoms with E-state index in [4.69, 9.17) is 16.6 Å². The molecule has 1 amide bonds. The van der Waals surface area contributed by atoms with Gasteiger partial charge in [-0.3, -0.25) is 14.2 Å². The van der Waals surface area contributed by atoms with E-state index in [1.807, 2.05) is 59.2 Å². The minimum absolute atomic E-state index is 0.0308. The fourth-order valence-electron chi connectivity index (χ4n) is 4.74. The Bertz CT molecular complexity index is 1430. The van der Waals surface area contributed by atoms with Crippen LogP contribution in [0.5, 0.6) is 0 Å². The summed E-state index contributed by atoms with van der Waals surface area (Å²) in [5.74, 6) is 0.467. The molecule has 0 aliphatic heterocycles. The van der Waals surface area contributed by atoms with Crippen LogP contribution in [-0.2, 0) is 12.3 Å². The van der Waals surface area contributed by atoms with Crippen molar-refractivity contribution < 1.29 is 4.79 Å². The lowest BCUT2D eigenvalue weighted by Gasteiger charge is -2.26. The summed E-state index contributed by atoms with van der Waals surface area (Å²) < 4.78 is 1.89. The van der Waals surface area contributed by atoms with Crippen LogP contribution in [0.1, 0.15) is 59.6 Å². The van der Waals surface area contributed by atoms with Gasteiger partial charge in [0.15, 0.2) is 5.16 Å². The maximum atomic E-state index is 13.7. The minimum atomic E-state index is -0.188. The minimum Gasteiger partial charge on any atom is -0.348 e. The highest BCUT2D eigenvalue weighted by Gasteiger charge is 2.22. The quantitative estimate of drug-likeness (QED) is 0.217. The van der Waals surface area contributed by atoms with Gasteiger partial charge in [0, 0.05) is 28.9 Å². The molecule has 184 valence electrons. The smallest absolute Gasteiger partial charge is 0.262 e. The lowest BCUT2D eigenvalue weighted by atomic mass is 9.95. The number of nitrogens with zero attached hydrogens (tertiary/aromatic N) is 2. The summed E-state index contributed by atoms with van der Waals surface area (Å²) in [6.45, 7) is 0.440. The number of fused-ring (bicyclic) bond motifs is 1. The number of amides is 1. The third-order valence-corrected chi connectivity index (χ3v) is 7.88. The summed E-state index contributed by atoms with van der Waals surface area (Å²) in [5.41, 5.74) is 3.11. The van der Waals surface area contributed by atoms with E-state index in [0.717, 1.165) is 36.8 Å². The molecule has 36 heavy (non-hydrogen) atoms. The fraction of sp³-hybridized carbons (Fsp3) is 0.276. The molecule has 1 aliphatic carbocycles. The van der Waals surface area contributed by atoms with Crippen LogP contribution in [0.3, 0.4) is 0 Å². The van der Waals surface area contributed by atoms with Crippen LogP contribution in [0.15, 0.2) is 82.7 Å². The number of hydrogen-bond donors (Lipinski definition) is 1. The van der Waals surface area contributed by atoms with Crippen molar-refractivity contribution in [1.29, 1.82) is 0 Å². The van der Waals surface area contributed by atoms with Crippen LogP contribution in [0.2, 0.25) is 5.02 Å². The van der Waals surface area contributed by atoms with Gasteiger partial charge in [-0.25, -0.2) is 4.98 Å². The van der Waals surface area contributed by atoms with E-state index in [1.54, 1.807) is 30.0 Å². The standard InChI is InChI=1S/C29H28ClN3O2S/c30-23-11-7-10-21(16-23)19-36-29-32-26-17-22(27(34)31-18-20-8-3-1-4-9-20)14-15-25(26)28(35)33(29)24-12-5-2-6-13-24/h1,3-4,7-11,14-17,24H,2,5-6,12-13,18-19H2,(H,31,34). The Kier molecular flexibility index (Phi) is 7.73. The Morgan fingerprint density at radius 1 is 0.972 bits per heavy atom. The van der Waals surface area contributed by atoms with Crippen LogP contribution in [0, 0.1) is 0 Å². The second-order valence-corrected chi connectivity index (χ2v) is 10.6. The summed E-state index contributed by atoms with van der Waals surface area (Å²) in [4.78, 5) is 31.5. The van der Waals surface area contributed by atoms with Crippen LogP contribution >= 0.6 is 23.4 Å². The molecule has 0 bridgehead atoms. The molecule has 1 aliphatic rings. The Balaban J connectivity index is 1.47. The average molecular weight is 518 g/mol. The molecule has 1 saturated carbocycles. The fourth-order valence-corrected chi connectivity index (χ4v) is 5.96. The Hall–Kier alpha value is -3.09. The molecule has 0 spiro atoms. The number of rotatable bonds is 7. The summed E-state index contributed by atoms with van der Waals surface area (Å²) >= 11 is 7.72. The number of aromatic nitrogens is 2. The molecular formula is C29H28ClN3O2S. The van der Waals surface area contributed by atoms with Crippen LogP contribution in [0.25, 0.3) is 10.9 Å². The SMILES string of the molecule is O=C(NCc1ccccc1)c1ccc2c(=O)n(C3CCCCC3)c(SCc3cccc(Cl)c3)nc2c1. The third kappa shape index (κ3) is 5.66. The van der Waals surface area contributed by atoms with Crippen LogP contribution < -0.4 is 10.9 Å². The zero-order valence-corrected chi connectivity index (χ0v) is 21.5. The molecule has 7 heteroatoms. The van der Waals surface area contributed by atoms with E-state index in [-0.39, 0.29) is 17.5 Å². The first-order chi connectivity index (χ1) is 17.6. The molecule has 0 radical (unpaired) electrons. The molecule has 4 aromatic rings. The molecular weight excluding hydrogens is 490 g/mol. The zero-order valence-electron chi connectivity index (χ0n) is 20.0. The molecule has 5 rings (SSSR count). The molecule has 5 nitrogen and oxygen atoms in total. The highest BCUT2D eigenvalue weighted by atomic mass is 35.5. The van der Waals surface area contributed by atoms with Gasteiger partial charge in [0.25, 0.3) is 11.5 Å².